The van der Waals surface area contributed by atoms with Crippen molar-refractivity contribution in [2.24, 2.45) is 0 Å². The third-order valence-electron chi connectivity index (χ3n) is 3.52. The van der Waals surface area contributed by atoms with Gasteiger partial charge >= 0.3 is 11.3 Å². The van der Waals surface area contributed by atoms with E-state index < -0.39 is 62.2 Å². The highest BCUT2D eigenvalue weighted by Crippen LogP contribution is 2.24. The Morgan fingerprint density at radius 3 is 1.20 bits per heavy atom. The first kappa shape index (κ1) is 19.3. The Morgan fingerprint density at radius 1 is 0.680 bits per heavy atom. The number of carbonyl (C=O) groups excluding carboxylic acids is 1. The summed E-state index contributed by atoms with van der Waals surface area (Å²) >= 11 is 0. The van der Waals surface area contributed by atoms with Crippen molar-refractivity contribution in [2.45, 2.75) is 11.3 Å². The number of hydrazine groups is 1. The van der Waals surface area contributed by atoms with Crippen LogP contribution < -0.4 is 0 Å². The van der Waals surface area contributed by atoms with Crippen LogP contribution in [0.25, 0.3) is 0 Å². The maximum Gasteiger partial charge on any atom is 0.497 e. The van der Waals surface area contributed by atoms with Gasteiger partial charge in [0.1, 0.15) is 19.7 Å². The molecule has 0 spiro atoms. The Bertz CT molecular complexity index is 577. The minimum absolute atomic E-state index is 0.120. The highest BCUT2D eigenvalue weighted by atomic mass is 16.7. The van der Waals surface area contributed by atoms with Gasteiger partial charge in [-0.1, -0.05) is 5.01 Å². The quantitative estimate of drug-likeness (QED) is 0.204. The molecule has 1 saturated heterocycles. The molecule has 0 atom stereocenters. The largest absolute Gasteiger partial charge is 0.497 e. The maximum atomic E-state index is 11.1. The number of rotatable bonds is 6. The minimum Gasteiger partial charge on any atom is -0.317 e. The zero-order chi connectivity index (χ0) is 19.6. The van der Waals surface area contributed by atoms with E-state index >= 15 is 0 Å². The van der Waals surface area contributed by atoms with Gasteiger partial charge in [0, 0.05) is 0 Å². The van der Waals surface area contributed by atoms with Gasteiger partial charge in [0.2, 0.25) is 19.5 Å². The first-order valence-electron chi connectivity index (χ1n) is 6.09. The lowest BCUT2D eigenvalue weighted by molar-refractivity contribution is -0.831. The summed E-state index contributed by atoms with van der Waals surface area (Å²) in [5.41, 5.74) is -6.60. The van der Waals surface area contributed by atoms with Crippen molar-refractivity contribution in [3.8, 4) is 0 Å². The number of amides is 1. The van der Waals surface area contributed by atoms with Gasteiger partial charge in [-0.2, -0.15) is 0 Å². The van der Waals surface area contributed by atoms with Crippen LogP contribution in [0.4, 0.5) is 0 Å². The van der Waals surface area contributed by atoms with Gasteiger partial charge < -0.3 is 4.90 Å². The molecule has 0 aromatic carbocycles. The van der Waals surface area contributed by atoms with E-state index in [4.69, 9.17) is 0 Å². The van der Waals surface area contributed by atoms with E-state index in [-0.39, 0.29) is 16.3 Å². The molecule has 1 rings (SSSR count). The summed E-state index contributed by atoms with van der Waals surface area (Å²) in [4.78, 5) is 60.7. The summed E-state index contributed by atoms with van der Waals surface area (Å²) in [7, 11) is 0. The van der Waals surface area contributed by atoms with Crippen molar-refractivity contribution in [3.63, 3.8) is 0 Å². The fourth-order valence-electron chi connectivity index (χ4n) is 2.23. The Labute approximate surface area is 135 Å². The molecule has 1 aliphatic heterocycles. The molecule has 1 fully saturated rings. The van der Waals surface area contributed by atoms with Gasteiger partial charge in [-0.3, -0.25) is 45.3 Å². The average Bonchev–Trinajstić information content (AvgIpc) is 2.46. The van der Waals surface area contributed by atoms with Crippen LogP contribution in [0.15, 0.2) is 0 Å². The van der Waals surface area contributed by atoms with Gasteiger partial charge in [0.25, 0.3) is 0 Å². The zero-order valence-corrected chi connectivity index (χ0v) is 12.0. The molecule has 0 unspecified atom stereocenters. The van der Waals surface area contributed by atoms with Crippen LogP contribution in [0.1, 0.15) is 0 Å². The molecule has 0 radical (unpaired) electrons. The van der Waals surface area contributed by atoms with E-state index in [9.17, 15) is 55.4 Å². The Kier molecular flexibility index (Phi) is 4.95. The molecule has 138 valence electrons. The number of carbonyl (C=O) groups is 1. The summed E-state index contributed by atoms with van der Waals surface area (Å²) in [5.74, 6) is 0. The molecular formula is C7H9N7O11. The normalized spacial score (nSPS) is 19.2. The van der Waals surface area contributed by atoms with Crippen LogP contribution in [0.5, 0.6) is 0 Å². The highest BCUT2D eigenvalue weighted by molar-refractivity contribution is 5.47. The molecular weight excluding hydrogens is 358 g/mol. The molecule has 1 heterocycles. The molecule has 18 nitrogen and oxygen atoms in total. The van der Waals surface area contributed by atoms with Gasteiger partial charge in [0.15, 0.2) is 18.1 Å². The summed E-state index contributed by atoms with van der Waals surface area (Å²) < 4.78 is 0. The van der Waals surface area contributed by atoms with E-state index in [1.807, 2.05) is 0 Å². The first-order valence-corrected chi connectivity index (χ1v) is 6.09. The summed E-state index contributed by atoms with van der Waals surface area (Å²) in [6.45, 7) is -6.14. The number of hydrogen-bond acceptors (Lipinski definition) is 11. The third kappa shape index (κ3) is 3.16. The topological polar surface area (TPSA) is 239 Å². The van der Waals surface area contributed by atoms with Crippen LogP contribution in [0.2, 0.25) is 0 Å². The third-order valence-corrected chi connectivity index (χ3v) is 3.52. The van der Waals surface area contributed by atoms with E-state index in [1.54, 1.807) is 0 Å². The predicted octanol–water partition coefficient (Wildman–Crippen LogP) is -2.55. The van der Waals surface area contributed by atoms with Gasteiger partial charge in [-0.15, -0.1) is 0 Å². The van der Waals surface area contributed by atoms with Crippen molar-refractivity contribution in [1.29, 1.82) is 0 Å². The molecule has 0 aromatic rings. The van der Waals surface area contributed by atoms with Crippen LogP contribution in [0, 0.1) is 50.6 Å². The maximum absolute atomic E-state index is 11.1. The summed E-state index contributed by atoms with van der Waals surface area (Å²) in [6, 6.07) is 0. The molecule has 1 aliphatic rings. The molecule has 0 saturated carbocycles. The zero-order valence-electron chi connectivity index (χ0n) is 12.0. The second-order valence-corrected chi connectivity index (χ2v) is 5.06. The Morgan fingerprint density at radius 2 is 1.00 bits per heavy atom. The SMILES string of the molecule is O=CN1CC([N+](=O)[O-])([N+](=O)[O-])CN([N+](=O)[O-])CC([N+](=O)[O-])([N+](=O)[O-])C1. The second-order valence-electron chi connectivity index (χ2n) is 5.06. The van der Waals surface area contributed by atoms with E-state index in [2.05, 4.69) is 0 Å². The fourth-order valence-corrected chi connectivity index (χ4v) is 2.23. The summed E-state index contributed by atoms with van der Waals surface area (Å²) in [6.07, 6.45) is -0.272. The molecule has 0 aliphatic carbocycles. The van der Waals surface area contributed by atoms with Crippen molar-refractivity contribution in [2.75, 3.05) is 26.2 Å². The lowest BCUT2D eigenvalue weighted by atomic mass is 10.0. The molecule has 0 N–H and O–H groups in total. The summed E-state index contributed by atoms with van der Waals surface area (Å²) in [5, 5.41) is 53.8. The molecule has 0 aromatic heterocycles. The van der Waals surface area contributed by atoms with Crippen LogP contribution in [0.3, 0.4) is 0 Å². The smallest absolute Gasteiger partial charge is 0.317 e. The molecule has 18 heteroatoms. The van der Waals surface area contributed by atoms with Gasteiger partial charge in [0.05, 0.1) is 0 Å². The van der Waals surface area contributed by atoms with Gasteiger partial charge in [-0.25, -0.2) is 10.1 Å². The first-order chi connectivity index (χ1) is 11.4. The number of nitrogens with zero attached hydrogens (tertiary/aromatic N) is 7. The second kappa shape index (κ2) is 6.41. The van der Waals surface area contributed by atoms with Crippen LogP contribution in [-0.2, 0) is 4.79 Å². The molecule has 1 amide bonds. The molecule has 0 bridgehead atoms. The fraction of sp³-hybridized carbons (Fsp3) is 0.857. The van der Waals surface area contributed by atoms with Crippen molar-refractivity contribution >= 4 is 6.41 Å². The lowest BCUT2D eigenvalue weighted by Gasteiger charge is -2.31. The van der Waals surface area contributed by atoms with E-state index in [0.29, 0.717) is 0 Å². The van der Waals surface area contributed by atoms with E-state index in [0.717, 1.165) is 0 Å². The number of nitro groups is 5. The monoisotopic (exact) mass is 367 g/mol. The molecule has 25 heavy (non-hydrogen) atoms. The predicted molar refractivity (Wildman–Crippen MR) is 69.6 cm³/mol. The average molecular weight is 367 g/mol. The van der Waals surface area contributed by atoms with Crippen molar-refractivity contribution < 1.29 is 29.5 Å². The van der Waals surface area contributed by atoms with Gasteiger partial charge in [-0.05, 0) is 0 Å². The van der Waals surface area contributed by atoms with E-state index in [1.165, 1.54) is 0 Å². The standard InChI is InChI=1S/C7H9N7O11/c15-5-8-1-6(10(16)17,11(18)19)3-9(14(24)25)4-7(2-8,12(20)21)13(22)23/h5H,1-4H2. The Balaban J connectivity index is 3.57. The lowest BCUT2D eigenvalue weighted by Crippen LogP contribution is -2.70. The Hall–Kier alpha value is -3.73. The van der Waals surface area contributed by atoms with Crippen LogP contribution >= 0.6 is 0 Å². The minimum atomic E-state index is -3.30. The van der Waals surface area contributed by atoms with Crippen molar-refractivity contribution in [1.82, 2.24) is 9.91 Å². The van der Waals surface area contributed by atoms with Crippen LogP contribution in [-0.4, -0.2) is 78.5 Å². The van der Waals surface area contributed by atoms with Crippen molar-refractivity contribution in [3.05, 3.63) is 50.6 Å². The number of hydrogen-bond donors (Lipinski definition) is 0. The highest BCUT2D eigenvalue weighted by Gasteiger charge is 2.69.